The van der Waals surface area contributed by atoms with Gasteiger partial charge < -0.3 is 19.5 Å². The van der Waals surface area contributed by atoms with Gasteiger partial charge in [-0.15, -0.1) is 0 Å². The minimum absolute atomic E-state index is 0.141. The van der Waals surface area contributed by atoms with Crippen LogP contribution < -0.4 is 0 Å². The Morgan fingerprint density at radius 3 is 2.54 bits per heavy atom. The van der Waals surface area contributed by atoms with E-state index in [4.69, 9.17) is 9.47 Å². The summed E-state index contributed by atoms with van der Waals surface area (Å²) in [5.41, 5.74) is 2.03. The zero-order valence-corrected chi connectivity index (χ0v) is 14.7. The van der Waals surface area contributed by atoms with Gasteiger partial charge in [-0.05, 0) is 51.2 Å². The van der Waals surface area contributed by atoms with E-state index in [0.717, 1.165) is 19.3 Å². The van der Waals surface area contributed by atoms with E-state index in [-0.39, 0.29) is 11.7 Å². The topological polar surface area (TPSA) is 59.0 Å². The molecule has 1 atom stereocenters. The van der Waals surface area contributed by atoms with Gasteiger partial charge in [0.05, 0.1) is 13.2 Å². The summed E-state index contributed by atoms with van der Waals surface area (Å²) in [6.45, 7) is 7.65. The first-order chi connectivity index (χ1) is 11.3. The van der Waals surface area contributed by atoms with Crippen molar-refractivity contribution in [1.82, 2.24) is 4.90 Å². The van der Waals surface area contributed by atoms with E-state index in [2.05, 4.69) is 12.1 Å². The van der Waals surface area contributed by atoms with Crippen LogP contribution in [-0.4, -0.2) is 47.7 Å². The molecular weight excluding hydrogens is 306 g/mol. The maximum atomic E-state index is 11.8. The molecule has 1 aliphatic heterocycles. The van der Waals surface area contributed by atoms with Gasteiger partial charge in [-0.1, -0.05) is 24.3 Å². The molecule has 0 bridgehead atoms. The molecule has 1 aliphatic carbocycles. The summed E-state index contributed by atoms with van der Waals surface area (Å²) in [5, 5.41) is 9.70. The third-order valence-corrected chi connectivity index (χ3v) is 5.17. The minimum atomic E-state index is -0.861. The fourth-order valence-corrected chi connectivity index (χ4v) is 3.85. The van der Waals surface area contributed by atoms with Gasteiger partial charge in [0.15, 0.2) is 6.29 Å². The third-order valence-electron chi connectivity index (χ3n) is 5.17. The molecule has 1 N–H and O–H groups in total. The first-order valence-electron chi connectivity index (χ1n) is 8.64. The number of fused-ring (bicyclic) bond motifs is 1. The lowest BCUT2D eigenvalue weighted by atomic mass is 9.61. The van der Waals surface area contributed by atoms with E-state index in [1.165, 1.54) is 11.1 Å². The Morgan fingerprint density at radius 1 is 1.29 bits per heavy atom. The van der Waals surface area contributed by atoms with Gasteiger partial charge in [-0.2, -0.15) is 0 Å². The Kier molecular flexibility index (Phi) is 4.58. The summed E-state index contributed by atoms with van der Waals surface area (Å²) in [6, 6.07) is 8.36. The number of carbonyl (C=O) groups is 1. The molecular formula is C19H27NO4. The fraction of sp³-hybridized carbons (Fsp3) is 0.632. The van der Waals surface area contributed by atoms with E-state index in [0.29, 0.717) is 19.8 Å². The molecule has 1 fully saturated rings. The van der Waals surface area contributed by atoms with Crippen molar-refractivity contribution in [2.24, 2.45) is 0 Å². The Balaban J connectivity index is 1.82. The highest BCUT2D eigenvalue weighted by molar-refractivity contribution is 5.66. The Labute approximate surface area is 143 Å². The molecule has 0 spiro atoms. The van der Waals surface area contributed by atoms with E-state index in [1.54, 1.807) is 4.90 Å². The highest BCUT2D eigenvalue weighted by atomic mass is 16.7. The largest absolute Gasteiger partial charge is 0.465 e. The normalized spacial score (nSPS) is 23.6. The maximum absolute atomic E-state index is 11.8. The van der Waals surface area contributed by atoms with Gasteiger partial charge in [0.2, 0.25) is 0 Å². The molecule has 24 heavy (non-hydrogen) atoms. The first-order valence-corrected chi connectivity index (χ1v) is 8.64. The molecule has 0 saturated carbocycles. The summed E-state index contributed by atoms with van der Waals surface area (Å²) < 4.78 is 11.1. The minimum Gasteiger partial charge on any atom is -0.465 e. The number of rotatable bonds is 5. The molecule has 3 rings (SSSR count). The summed E-state index contributed by atoms with van der Waals surface area (Å²) in [6.07, 6.45) is 1.57. The first kappa shape index (κ1) is 17.2. The van der Waals surface area contributed by atoms with Crippen LogP contribution in [0.4, 0.5) is 4.79 Å². The van der Waals surface area contributed by atoms with E-state index >= 15 is 0 Å². The van der Waals surface area contributed by atoms with Crippen LogP contribution in [0.2, 0.25) is 0 Å². The SMILES string of the molecule is CC(C)(C)N(CC1(CCC2OCCO2)Cc2ccccc21)C(=O)O. The monoisotopic (exact) mass is 333 g/mol. The molecule has 1 heterocycles. The average molecular weight is 333 g/mol. The number of ether oxygens (including phenoxy) is 2. The predicted octanol–water partition coefficient (Wildman–Crippen LogP) is 3.41. The van der Waals surface area contributed by atoms with Crippen LogP contribution in [0.3, 0.4) is 0 Å². The third kappa shape index (κ3) is 3.28. The maximum Gasteiger partial charge on any atom is 0.407 e. The molecule has 132 valence electrons. The lowest BCUT2D eigenvalue weighted by molar-refractivity contribution is -0.0536. The summed E-state index contributed by atoms with van der Waals surface area (Å²) in [4.78, 5) is 13.4. The van der Waals surface area contributed by atoms with Gasteiger partial charge in [0.1, 0.15) is 0 Å². The molecule has 1 aromatic rings. The summed E-state index contributed by atoms with van der Waals surface area (Å²) >= 11 is 0. The standard InChI is InChI=1S/C19H27NO4/c1-18(2,3)20(17(21)22)13-19(9-8-16-23-10-11-24-16)12-14-6-4-5-7-15(14)19/h4-7,16H,8-13H2,1-3H3,(H,21,22). The lowest BCUT2D eigenvalue weighted by Gasteiger charge is -2.49. The Bertz CT molecular complexity index is 604. The molecule has 2 aliphatic rings. The highest BCUT2D eigenvalue weighted by Crippen LogP contribution is 2.46. The molecule has 5 heteroatoms. The van der Waals surface area contributed by atoms with E-state index in [1.807, 2.05) is 32.9 Å². The highest BCUT2D eigenvalue weighted by Gasteiger charge is 2.46. The molecule has 1 unspecified atom stereocenters. The molecule has 0 radical (unpaired) electrons. The second-order valence-electron chi connectivity index (χ2n) is 7.86. The van der Waals surface area contributed by atoms with Gasteiger partial charge in [0.25, 0.3) is 0 Å². The smallest absolute Gasteiger partial charge is 0.407 e. The Morgan fingerprint density at radius 2 is 1.96 bits per heavy atom. The zero-order valence-electron chi connectivity index (χ0n) is 14.7. The average Bonchev–Trinajstić information content (AvgIpc) is 2.99. The van der Waals surface area contributed by atoms with Crippen molar-refractivity contribution in [3.05, 3.63) is 35.4 Å². The van der Waals surface area contributed by atoms with Crippen LogP contribution in [0.25, 0.3) is 0 Å². The van der Waals surface area contributed by atoms with Crippen molar-refractivity contribution in [2.75, 3.05) is 19.8 Å². The molecule has 0 aromatic heterocycles. The van der Waals surface area contributed by atoms with Crippen LogP contribution in [0.1, 0.15) is 44.7 Å². The second kappa shape index (κ2) is 6.37. The number of hydrogen-bond acceptors (Lipinski definition) is 3. The van der Waals surface area contributed by atoms with Crippen LogP contribution in [-0.2, 0) is 21.3 Å². The van der Waals surface area contributed by atoms with Gasteiger partial charge in [-0.25, -0.2) is 4.79 Å². The van der Waals surface area contributed by atoms with E-state index in [9.17, 15) is 9.90 Å². The second-order valence-corrected chi connectivity index (χ2v) is 7.86. The zero-order chi connectivity index (χ0) is 17.4. The summed E-state index contributed by atoms with van der Waals surface area (Å²) in [7, 11) is 0. The van der Waals surface area contributed by atoms with Crippen molar-refractivity contribution >= 4 is 6.09 Å². The van der Waals surface area contributed by atoms with Crippen LogP contribution in [0.5, 0.6) is 0 Å². The number of carboxylic acid groups (broad SMARTS) is 1. The number of benzene rings is 1. The van der Waals surface area contributed by atoms with Crippen molar-refractivity contribution < 1.29 is 19.4 Å². The van der Waals surface area contributed by atoms with Crippen molar-refractivity contribution in [3.63, 3.8) is 0 Å². The lowest BCUT2D eigenvalue weighted by Crippen LogP contribution is -2.55. The van der Waals surface area contributed by atoms with Gasteiger partial charge in [0, 0.05) is 17.5 Å². The quantitative estimate of drug-likeness (QED) is 0.897. The van der Waals surface area contributed by atoms with Crippen LogP contribution >= 0.6 is 0 Å². The predicted molar refractivity (Wildman–Crippen MR) is 91.2 cm³/mol. The van der Waals surface area contributed by atoms with Crippen LogP contribution in [0, 0.1) is 0 Å². The number of hydrogen-bond donors (Lipinski definition) is 1. The van der Waals surface area contributed by atoms with Crippen molar-refractivity contribution in [2.45, 2.75) is 57.3 Å². The van der Waals surface area contributed by atoms with Crippen molar-refractivity contribution in [1.29, 1.82) is 0 Å². The fourth-order valence-electron chi connectivity index (χ4n) is 3.85. The molecule has 1 amide bonds. The molecule has 1 saturated heterocycles. The van der Waals surface area contributed by atoms with E-state index < -0.39 is 11.6 Å². The number of amides is 1. The number of nitrogens with zero attached hydrogens (tertiary/aromatic N) is 1. The van der Waals surface area contributed by atoms with Crippen LogP contribution in [0.15, 0.2) is 24.3 Å². The van der Waals surface area contributed by atoms with Gasteiger partial charge >= 0.3 is 6.09 Å². The van der Waals surface area contributed by atoms with Gasteiger partial charge in [-0.3, -0.25) is 0 Å². The molecule has 1 aromatic carbocycles. The molecule has 5 nitrogen and oxygen atoms in total. The Hall–Kier alpha value is -1.59. The van der Waals surface area contributed by atoms with Crippen molar-refractivity contribution in [3.8, 4) is 0 Å². The summed E-state index contributed by atoms with van der Waals surface area (Å²) in [5.74, 6) is 0.